The van der Waals surface area contributed by atoms with Gasteiger partial charge in [0.2, 0.25) is 0 Å². The minimum Gasteiger partial charge on any atom is -0.497 e. The van der Waals surface area contributed by atoms with Crippen molar-refractivity contribution in [2.24, 2.45) is 0 Å². The van der Waals surface area contributed by atoms with Gasteiger partial charge in [0.15, 0.2) is 0 Å². The highest BCUT2D eigenvalue weighted by Crippen LogP contribution is 2.42. The van der Waals surface area contributed by atoms with Crippen LogP contribution in [-0.2, 0) is 12.6 Å². The van der Waals surface area contributed by atoms with Gasteiger partial charge in [-0.2, -0.15) is 13.2 Å². The molecule has 3 rings (SSSR count). The van der Waals surface area contributed by atoms with Crippen molar-refractivity contribution in [1.29, 1.82) is 0 Å². The lowest BCUT2D eigenvalue weighted by molar-refractivity contribution is -0.136. The van der Waals surface area contributed by atoms with Gasteiger partial charge in [0, 0.05) is 17.6 Å². The van der Waals surface area contributed by atoms with Gasteiger partial charge in [0.1, 0.15) is 15.5 Å². The van der Waals surface area contributed by atoms with E-state index in [0.717, 1.165) is 23.0 Å². The molecule has 5 nitrogen and oxygen atoms in total. The number of nitrogens with two attached hydrogens (primary N) is 1. The van der Waals surface area contributed by atoms with Crippen LogP contribution in [0.5, 0.6) is 5.75 Å². The van der Waals surface area contributed by atoms with Crippen molar-refractivity contribution in [2.45, 2.75) is 19.5 Å². The van der Waals surface area contributed by atoms with E-state index in [0.29, 0.717) is 18.7 Å². The van der Waals surface area contributed by atoms with E-state index < -0.39 is 17.6 Å². The number of alkyl halides is 3. The van der Waals surface area contributed by atoms with Crippen LogP contribution in [0.4, 0.5) is 18.9 Å². The van der Waals surface area contributed by atoms with Crippen molar-refractivity contribution in [2.75, 3.05) is 19.4 Å². The van der Waals surface area contributed by atoms with Crippen molar-refractivity contribution in [3.8, 4) is 5.75 Å². The molecule has 1 aromatic carbocycles. The van der Waals surface area contributed by atoms with Gasteiger partial charge in [0.05, 0.1) is 18.4 Å². The molecule has 0 aliphatic carbocycles. The van der Waals surface area contributed by atoms with E-state index >= 15 is 0 Å². The van der Waals surface area contributed by atoms with Gasteiger partial charge in [-0.25, -0.2) is 4.98 Å². The fraction of sp³-hybridized carbons (Fsp3) is 0.263. The molecule has 1 amide bonds. The van der Waals surface area contributed by atoms with Crippen molar-refractivity contribution in [1.82, 2.24) is 10.3 Å². The van der Waals surface area contributed by atoms with E-state index in [2.05, 4.69) is 10.3 Å². The number of amides is 1. The number of anilines is 1. The quantitative estimate of drug-likeness (QED) is 0.663. The van der Waals surface area contributed by atoms with Crippen LogP contribution in [0.2, 0.25) is 0 Å². The SMILES string of the molecule is COc1cccc(CCNC(=O)c2sc3nc(C)cc(C(F)(F)F)c3c2N)c1. The zero-order chi connectivity index (χ0) is 20.5. The van der Waals surface area contributed by atoms with Crippen LogP contribution in [0, 0.1) is 6.92 Å². The topological polar surface area (TPSA) is 77.2 Å². The molecule has 9 heteroatoms. The summed E-state index contributed by atoms with van der Waals surface area (Å²) in [6.45, 7) is 1.77. The molecule has 0 fully saturated rings. The number of pyridine rings is 1. The predicted octanol–water partition coefficient (Wildman–Crippen LogP) is 4.19. The summed E-state index contributed by atoms with van der Waals surface area (Å²) in [5.74, 6) is 0.188. The van der Waals surface area contributed by atoms with Gasteiger partial charge in [-0.15, -0.1) is 11.3 Å². The Morgan fingerprint density at radius 1 is 1.32 bits per heavy atom. The number of hydrogen-bond acceptors (Lipinski definition) is 5. The number of nitrogens with zero attached hydrogens (tertiary/aromatic N) is 1. The van der Waals surface area contributed by atoms with E-state index in [1.807, 2.05) is 24.3 Å². The molecule has 3 N–H and O–H groups in total. The molecule has 0 saturated carbocycles. The number of carbonyl (C=O) groups is 1. The average molecular weight is 409 g/mol. The third-order valence-corrected chi connectivity index (χ3v) is 5.27. The molecular weight excluding hydrogens is 391 g/mol. The number of rotatable bonds is 5. The first kappa shape index (κ1) is 19.9. The van der Waals surface area contributed by atoms with E-state index in [9.17, 15) is 18.0 Å². The summed E-state index contributed by atoms with van der Waals surface area (Å²) in [6.07, 6.45) is -4.04. The minimum absolute atomic E-state index is 0.0317. The Labute approximate surface area is 163 Å². The number of halogens is 3. The predicted molar refractivity (Wildman–Crippen MR) is 103 cm³/mol. The van der Waals surface area contributed by atoms with Crippen molar-refractivity contribution in [3.05, 3.63) is 52.0 Å². The molecule has 0 aliphatic heterocycles. The lowest BCUT2D eigenvalue weighted by Gasteiger charge is -2.09. The summed E-state index contributed by atoms with van der Waals surface area (Å²) in [7, 11) is 1.57. The molecule has 0 atom stereocenters. The average Bonchev–Trinajstić information content (AvgIpc) is 2.96. The van der Waals surface area contributed by atoms with Crippen LogP contribution >= 0.6 is 11.3 Å². The number of aryl methyl sites for hydroxylation is 1. The summed E-state index contributed by atoms with van der Waals surface area (Å²) in [4.78, 5) is 16.7. The van der Waals surface area contributed by atoms with Gasteiger partial charge in [-0.1, -0.05) is 12.1 Å². The number of aromatic nitrogens is 1. The van der Waals surface area contributed by atoms with Crippen LogP contribution in [0.25, 0.3) is 10.2 Å². The largest absolute Gasteiger partial charge is 0.497 e. The Morgan fingerprint density at radius 3 is 2.75 bits per heavy atom. The maximum Gasteiger partial charge on any atom is 0.417 e. The second-order valence-electron chi connectivity index (χ2n) is 6.19. The maximum absolute atomic E-state index is 13.4. The molecule has 0 saturated heterocycles. The van der Waals surface area contributed by atoms with Gasteiger partial charge in [-0.05, 0) is 37.1 Å². The monoisotopic (exact) mass is 409 g/mol. The van der Waals surface area contributed by atoms with Crippen LogP contribution in [0.1, 0.15) is 26.5 Å². The van der Waals surface area contributed by atoms with Crippen LogP contribution in [-0.4, -0.2) is 24.5 Å². The summed E-state index contributed by atoms with van der Waals surface area (Å²) in [5.41, 5.74) is 6.00. The number of carbonyl (C=O) groups excluding carboxylic acids is 1. The highest BCUT2D eigenvalue weighted by atomic mass is 32.1. The third-order valence-electron chi connectivity index (χ3n) is 4.17. The lowest BCUT2D eigenvalue weighted by atomic mass is 10.1. The second kappa shape index (κ2) is 7.67. The highest BCUT2D eigenvalue weighted by molar-refractivity contribution is 7.21. The number of fused-ring (bicyclic) bond motifs is 1. The second-order valence-corrected chi connectivity index (χ2v) is 7.19. The zero-order valence-corrected chi connectivity index (χ0v) is 16.0. The Bertz CT molecular complexity index is 1030. The Balaban J connectivity index is 1.81. The molecular formula is C19H18F3N3O2S. The first-order valence-electron chi connectivity index (χ1n) is 8.38. The number of nitrogen functional groups attached to an aromatic ring is 1. The molecule has 0 spiro atoms. The summed E-state index contributed by atoms with van der Waals surface area (Å²) in [5, 5.41) is 2.48. The highest BCUT2D eigenvalue weighted by Gasteiger charge is 2.35. The molecule has 148 valence electrons. The number of thiophene rings is 1. The Kier molecular flexibility index (Phi) is 5.46. The standard InChI is InChI=1S/C19H18F3N3O2S/c1-10-8-13(19(20,21)22)14-15(23)16(28-18(14)25-10)17(26)24-7-6-11-4-3-5-12(9-11)27-2/h3-5,8-9H,6-7,23H2,1-2H3,(H,24,26). The first-order chi connectivity index (χ1) is 13.2. The number of benzene rings is 1. The molecule has 3 aromatic rings. The van der Waals surface area contributed by atoms with Crippen LogP contribution in [0.15, 0.2) is 30.3 Å². The third kappa shape index (κ3) is 4.04. The molecule has 2 heterocycles. The fourth-order valence-electron chi connectivity index (χ4n) is 2.86. The number of hydrogen-bond donors (Lipinski definition) is 2. The zero-order valence-electron chi connectivity index (χ0n) is 15.2. The smallest absolute Gasteiger partial charge is 0.417 e. The fourth-order valence-corrected chi connectivity index (χ4v) is 3.95. The molecule has 0 radical (unpaired) electrons. The van der Waals surface area contributed by atoms with Gasteiger partial charge in [-0.3, -0.25) is 4.79 Å². The number of ether oxygens (including phenoxy) is 1. The van der Waals surface area contributed by atoms with E-state index in [-0.39, 0.29) is 26.5 Å². The molecule has 2 aromatic heterocycles. The van der Waals surface area contributed by atoms with E-state index in [1.165, 1.54) is 6.92 Å². The van der Waals surface area contributed by atoms with Crippen molar-refractivity contribution in [3.63, 3.8) is 0 Å². The minimum atomic E-state index is -4.58. The maximum atomic E-state index is 13.4. The van der Waals surface area contributed by atoms with Crippen molar-refractivity contribution >= 4 is 33.1 Å². The molecule has 0 aliphatic rings. The van der Waals surface area contributed by atoms with Gasteiger partial charge < -0.3 is 15.8 Å². The van der Waals surface area contributed by atoms with E-state index in [1.54, 1.807) is 7.11 Å². The lowest BCUT2D eigenvalue weighted by Crippen LogP contribution is -2.25. The van der Waals surface area contributed by atoms with E-state index in [4.69, 9.17) is 10.5 Å². The van der Waals surface area contributed by atoms with Gasteiger partial charge in [0.25, 0.3) is 5.91 Å². The first-order valence-corrected chi connectivity index (χ1v) is 9.20. The molecule has 28 heavy (non-hydrogen) atoms. The summed E-state index contributed by atoms with van der Waals surface area (Å²) >= 11 is 0.861. The summed E-state index contributed by atoms with van der Waals surface area (Å²) in [6, 6.07) is 8.34. The number of methoxy groups -OCH3 is 1. The summed E-state index contributed by atoms with van der Waals surface area (Å²) < 4.78 is 45.2. The van der Waals surface area contributed by atoms with Crippen LogP contribution in [0.3, 0.4) is 0 Å². The molecule has 0 unspecified atom stereocenters. The normalized spacial score (nSPS) is 11.6. The van der Waals surface area contributed by atoms with Crippen LogP contribution < -0.4 is 15.8 Å². The Morgan fingerprint density at radius 2 is 2.07 bits per heavy atom. The number of nitrogens with one attached hydrogen (secondary N) is 1. The van der Waals surface area contributed by atoms with Crippen molar-refractivity contribution < 1.29 is 22.7 Å². The Hall–Kier alpha value is -2.81. The van der Waals surface area contributed by atoms with Gasteiger partial charge >= 0.3 is 6.18 Å². The molecule has 0 bridgehead atoms.